The molecule has 8 heteroatoms. The van der Waals surface area contributed by atoms with E-state index in [1.807, 2.05) is 38.1 Å². The average Bonchev–Trinajstić information content (AvgIpc) is 3.04. The third-order valence-corrected chi connectivity index (χ3v) is 6.21. The van der Waals surface area contributed by atoms with Crippen LogP contribution >= 0.6 is 0 Å². The maximum atomic E-state index is 12.9. The third kappa shape index (κ3) is 4.88. The van der Waals surface area contributed by atoms with E-state index < -0.39 is 34.3 Å². The smallest absolute Gasteiger partial charge is 0.241 e. The molecule has 0 radical (unpaired) electrons. The molecular weight excluding hydrogens is 380 g/mol. The second-order valence-corrected chi connectivity index (χ2v) is 9.19. The van der Waals surface area contributed by atoms with E-state index in [9.17, 15) is 18.3 Å². The average molecular weight is 407 g/mol. The van der Waals surface area contributed by atoms with Gasteiger partial charge in [-0.2, -0.15) is 4.72 Å². The van der Waals surface area contributed by atoms with Gasteiger partial charge in [-0.15, -0.1) is 0 Å². The number of aliphatic hydroxyl groups excluding tert-OH is 1. The van der Waals surface area contributed by atoms with Gasteiger partial charge in [0, 0.05) is 0 Å². The predicted octanol–water partition coefficient (Wildman–Crippen LogP) is 1.76. The first-order valence-electron chi connectivity index (χ1n) is 9.37. The molecule has 0 spiro atoms. The van der Waals surface area contributed by atoms with Crippen LogP contribution in [0.15, 0.2) is 47.4 Å². The lowest BCUT2D eigenvalue weighted by Gasteiger charge is -2.23. The Bertz CT molecular complexity index is 945. The fourth-order valence-corrected chi connectivity index (χ4v) is 4.51. The minimum absolute atomic E-state index is 0.0970. The normalized spacial score (nSPS) is 21.1. The molecule has 28 heavy (non-hydrogen) atoms. The van der Waals surface area contributed by atoms with Crippen LogP contribution in [0.2, 0.25) is 0 Å². The molecule has 0 saturated carbocycles. The molecule has 0 aromatic heterocycles. The number of rotatable bonds is 7. The standard InChI is InChI=1S/C20H26N2O5S/c1-13(2)11-18(19(23)21-17-9-10-27-20(17)24)22-28(25,26)16-8-7-14-5-3-4-6-15(14)12-16/h3-8,12-13,17-18,20,22,24H,9-11H2,1-2H3,(H,21,23)/t17-,18-,20?/m0/s1. The Labute approximate surface area is 165 Å². The summed E-state index contributed by atoms with van der Waals surface area (Å²) in [6.45, 7) is 4.18. The van der Waals surface area contributed by atoms with Crippen molar-refractivity contribution in [2.45, 2.75) is 50.0 Å². The Kier molecular flexibility index (Phi) is 6.34. The minimum Gasteiger partial charge on any atom is -0.366 e. The molecular formula is C20H26N2O5S. The number of aliphatic hydroxyl groups is 1. The van der Waals surface area contributed by atoms with E-state index in [1.54, 1.807) is 12.1 Å². The summed E-state index contributed by atoms with van der Waals surface area (Å²) in [5, 5.41) is 14.2. The van der Waals surface area contributed by atoms with Crippen molar-refractivity contribution in [3.05, 3.63) is 42.5 Å². The van der Waals surface area contributed by atoms with Crippen molar-refractivity contribution in [1.82, 2.24) is 10.0 Å². The molecule has 3 atom stereocenters. The lowest BCUT2D eigenvalue weighted by Crippen LogP contribution is -2.51. The highest BCUT2D eigenvalue weighted by molar-refractivity contribution is 7.89. The first kappa shape index (κ1) is 20.7. The van der Waals surface area contributed by atoms with E-state index in [2.05, 4.69) is 10.0 Å². The topological polar surface area (TPSA) is 105 Å². The van der Waals surface area contributed by atoms with E-state index in [0.717, 1.165) is 10.8 Å². The first-order chi connectivity index (χ1) is 13.3. The van der Waals surface area contributed by atoms with Crippen molar-refractivity contribution in [2.24, 2.45) is 5.92 Å². The van der Waals surface area contributed by atoms with Crippen LogP contribution in [0.5, 0.6) is 0 Å². The number of benzene rings is 2. The summed E-state index contributed by atoms with van der Waals surface area (Å²) < 4.78 is 33.4. The maximum Gasteiger partial charge on any atom is 0.241 e. The number of fused-ring (bicyclic) bond motifs is 1. The Hall–Kier alpha value is -2.00. The molecule has 2 aromatic rings. The molecule has 1 aliphatic rings. The number of hydrogen-bond acceptors (Lipinski definition) is 5. The van der Waals surface area contributed by atoms with Gasteiger partial charge in [-0.25, -0.2) is 8.42 Å². The second-order valence-electron chi connectivity index (χ2n) is 7.48. The summed E-state index contributed by atoms with van der Waals surface area (Å²) in [5.41, 5.74) is 0. The highest BCUT2D eigenvalue weighted by Gasteiger charge is 2.32. The van der Waals surface area contributed by atoms with Crippen LogP contribution in [0.25, 0.3) is 10.8 Å². The number of carbonyl (C=O) groups excluding carboxylic acids is 1. The van der Waals surface area contributed by atoms with Crippen molar-refractivity contribution in [2.75, 3.05) is 6.61 Å². The molecule has 0 aliphatic carbocycles. The highest BCUT2D eigenvalue weighted by Crippen LogP contribution is 2.20. The molecule has 1 fully saturated rings. The third-order valence-electron chi connectivity index (χ3n) is 4.74. The van der Waals surface area contributed by atoms with Crippen LogP contribution in [0.4, 0.5) is 0 Å². The van der Waals surface area contributed by atoms with E-state index in [0.29, 0.717) is 19.4 Å². The Morgan fingerprint density at radius 2 is 1.93 bits per heavy atom. The Morgan fingerprint density at radius 1 is 1.21 bits per heavy atom. The zero-order valence-electron chi connectivity index (χ0n) is 16.0. The molecule has 1 heterocycles. The summed E-state index contributed by atoms with van der Waals surface area (Å²) in [6.07, 6.45) is -0.248. The number of carbonyl (C=O) groups is 1. The molecule has 3 N–H and O–H groups in total. The zero-order chi connectivity index (χ0) is 20.3. The summed E-state index contributed by atoms with van der Waals surface area (Å²) in [5.74, 6) is -0.368. The van der Waals surface area contributed by atoms with E-state index in [4.69, 9.17) is 4.74 Å². The molecule has 3 rings (SSSR count). The number of ether oxygens (including phenoxy) is 1. The van der Waals surface area contributed by atoms with E-state index in [1.165, 1.54) is 6.07 Å². The summed E-state index contributed by atoms with van der Waals surface area (Å²) in [4.78, 5) is 12.8. The van der Waals surface area contributed by atoms with Crippen LogP contribution in [0.3, 0.4) is 0 Å². The number of hydrogen-bond donors (Lipinski definition) is 3. The Balaban J connectivity index is 1.80. The van der Waals surface area contributed by atoms with Gasteiger partial charge >= 0.3 is 0 Å². The maximum absolute atomic E-state index is 12.9. The van der Waals surface area contributed by atoms with Crippen molar-refractivity contribution >= 4 is 26.7 Å². The largest absolute Gasteiger partial charge is 0.366 e. The first-order valence-corrected chi connectivity index (χ1v) is 10.9. The van der Waals surface area contributed by atoms with Gasteiger partial charge in [0.25, 0.3) is 0 Å². The van der Waals surface area contributed by atoms with Crippen LogP contribution in [0.1, 0.15) is 26.7 Å². The van der Waals surface area contributed by atoms with Gasteiger partial charge in [0.1, 0.15) is 6.04 Å². The number of amides is 1. The number of sulfonamides is 1. The minimum atomic E-state index is -3.89. The van der Waals surface area contributed by atoms with Gasteiger partial charge in [0.05, 0.1) is 17.5 Å². The van der Waals surface area contributed by atoms with Crippen LogP contribution < -0.4 is 10.0 Å². The SMILES string of the molecule is CC(C)C[C@H](NS(=O)(=O)c1ccc2ccccc2c1)C(=O)N[C@H]1CCOC1O. The van der Waals surface area contributed by atoms with Crippen LogP contribution in [0, 0.1) is 5.92 Å². The zero-order valence-corrected chi connectivity index (χ0v) is 16.8. The molecule has 152 valence electrons. The molecule has 1 saturated heterocycles. The quantitative estimate of drug-likeness (QED) is 0.650. The lowest BCUT2D eigenvalue weighted by molar-refractivity contribution is -0.127. The van der Waals surface area contributed by atoms with Crippen molar-refractivity contribution in [3.8, 4) is 0 Å². The van der Waals surface area contributed by atoms with Gasteiger partial charge in [-0.3, -0.25) is 4.79 Å². The van der Waals surface area contributed by atoms with Crippen LogP contribution in [-0.2, 0) is 19.6 Å². The van der Waals surface area contributed by atoms with E-state index in [-0.39, 0.29) is 10.8 Å². The van der Waals surface area contributed by atoms with Crippen molar-refractivity contribution < 1.29 is 23.1 Å². The van der Waals surface area contributed by atoms with Gasteiger partial charge in [-0.05, 0) is 41.7 Å². The summed E-state index contributed by atoms with van der Waals surface area (Å²) in [7, 11) is -3.89. The van der Waals surface area contributed by atoms with Gasteiger partial charge in [-0.1, -0.05) is 44.2 Å². The van der Waals surface area contributed by atoms with Gasteiger partial charge in [0.2, 0.25) is 15.9 Å². The molecule has 1 amide bonds. The second kappa shape index (κ2) is 8.57. The summed E-state index contributed by atoms with van der Waals surface area (Å²) >= 11 is 0. The molecule has 2 aromatic carbocycles. The predicted molar refractivity (Wildman–Crippen MR) is 106 cm³/mol. The monoisotopic (exact) mass is 406 g/mol. The molecule has 0 bridgehead atoms. The van der Waals surface area contributed by atoms with Gasteiger partial charge in [0.15, 0.2) is 6.29 Å². The fraction of sp³-hybridized carbons (Fsp3) is 0.450. The summed E-state index contributed by atoms with van der Waals surface area (Å²) in [6, 6.07) is 10.9. The van der Waals surface area contributed by atoms with Crippen LogP contribution in [-0.4, -0.2) is 44.4 Å². The van der Waals surface area contributed by atoms with E-state index >= 15 is 0 Å². The highest BCUT2D eigenvalue weighted by atomic mass is 32.2. The Morgan fingerprint density at radius 3 is 2.57 bits per heavy atom. The lowest BCUT2D eigenvalue weighted by atomic mass is 10.0. The fourth-order valence-electron chi connectivity index (χ4n) is 3.27. The van der Waals surface area contributed by atoms with Crippen molar-refractivity contribution in [1.29, 1.82) is 0 Å². The molecule has 7 nitrogen and oxygen atoms in total. The molecule has 1 unspecified atom stereocenters. The molecule has 1 aliphatic heterocycles. The number of nitrogens with one attached hydrogen (secondary N) is 2. The van der Waals surface area contributed by atoms with Gasteiger partial charge < -0.3 is 15.2 Å². The van der Waals surface area contributed by atoms with Crippen molar-refractivity contribution in [3.63, 3.8) is 0 Å².